The number of pyridine rings is 1. The fourth-order valence-corrected chi connectivity index (χ4v) is 1.54. The molecule has 1 aromatic rings. The van der Waals surface area contributed by atoms with Crippen molar-refractivity contribution in [1.29, 1.82) is 0 Å². The van der Waals surface area contributed by atoms with E-state index in [1.165, 1.54) is 12.0 Å². The van der Waals surface area contributed by atoms with Crippen LogP contribution in [0.4, 0.5) is 5.82 Å². The zero-order valence-electron chi connectivity index (χ0n) is 8.29. The van der Waals surface area contributed by atoms with Crippen LogP contribution in [0.15, 0.2) is 18.3 Å². The van der Waals surface area contributed by atoms with Crippen LogP contribution in [-0.4, -0.2) is 24.1 Å². The molecular formula is C10H16ClN3. The molecule has 1 aliphatic rings. The molecule has 3 nitrogen and oxygen atoms in total. The summed E-state index contributed by atoms with van der Waals surface area (Å²) in [7, 11) is 0. The number of anilines is 1. The first-order valence-electron chi connectivity index (χ1n) is 4.74. The SMILES string of the molecule is Cc1ccc(NC2CCNC2)nc1.Cl. The molecule has 1 saturated heterocycles. The number of halogens is 1. The summed E-state index contributed by atoms with van der Waals surface area (Å²) in [4.78, 5) is 4.30. The van der Waals surface area contributed by atoms with E-state index < -0.39 is 0 Å². The van der Waals surface area contributed by atoms with Gasteiger partial charge in [-0.3, -0.25) is 0 Å². The lowest BCUT2D eigenvalue weighted by molar-refractivity contribution is 0.788. The highest BCUT2D eigenvalue weighted by Gasteiger charge is 2.13. The smallest absolute Gasteiger partial charge is 0.126 e. The summed E-state index contributed by atoms with van der Waals surface area (Å²) in [5.74, 6) is 0.985. The molecule has 2 heterocycles. The van der Waals surface area contributed by atoms with Crippen LogP contribution >= 0.6 is 12.4 Å². The highest BCUT2D eigenvalue weighted by molar-refractivity contribution is 5.85. The average Bonchev–Trinajstić information content (AvgIpc) is 2.62. The average molecular weight is 214 g/mol. The lowest BCUT2D eigenvalue weighted by Gasteiger charge is -2.11. The second-order valence-corrected chi connectivity index (χ2v) is 3.55. The summed E-state index contributed by atoms with van der Waals surface area (Å²) in [6, 6.07) is 4.67. The van der Waals surface area contributed by atoms with E-state index in [-0.39, 0.29) is 12.4 Å². The molecule has 1 aromatic heterocycles. The minimum atomic E-state index is 0. The molecule has 1 aliphatic heterocycles. The van der Waals surface area contributed by atoms with E-state index in [1.807, 2.05) is 19.2 Å². The Morgan fingerprint density at radius 1 is 1.50 bits per heavy atom. The Morgan fingerprint density at radius 2 is 2.36 bits per heavy atom. The summed E-state index contributed by atoms with van der Waals surface area (Å²) in [6.45, 7) is 4.22. The Bertz CT molecular complexity index is 267. The van der Waals surface area contributed by atoms with E-state index in [0.717, 1.165) is 18.9 Å². The molecule has 2 N–H and O–H groups in total. The van der Waals surface area contributed by atoms with E-state index in [4.69, 9.17) is 0 Å². The zero-order chi connectivity index (χ0) is 9.10. The van der Waals surface area contributed by atoms with Gasteiger partial charge in [0.05, 0.1) is 0 Å². The number of aryl methyl sites for hydroxylation is 1. The van der Waals surface area contributed by atoms with E-state index in [2.05, 4.69) is 21.7 Å². The third-order valence-corrected chi connectivity index (χ3v) is 2.32. The Kier molecular flexibility index (Phi) is 4.17. The first-order chi connectivity index (χ1) is 6.34. The number of hydrogen-bond donors (Lipinski definition) is 2. The van der Waals surface area contributed by atoms with Crippen molar-refractivity contribution in [2.24, 2.45) is 0 Å². The second kappa shape index (κ2) is 5.17. The van der Waals surface area contributed by atoms with Crippen molar-refractivity contribution >= 4 is 18.2 Å². The van der Waals surface area contributed by atoms with E-state index in [1.54, 1.807) is 0 Å². The molecule has 1 fully saturated rings. The van der Waals surface area contributed by atoms with Crippen molar-refractivity contribution in [2.45, 2.75) is 19.4 Å². The summed E-state index contributed by atoms with van der Waals surface area (Å²) in [5.41, 5.74) is 1.20. The lowest BCUT2D eigenvalue weighted by Crippen LogP contribution is -2.22. The van der Waals surface area contributed by atoms with Gasteiger partial charge in [-0.15, -0.1) is 12.4 Å². The van der Waals surface area contributed by atoms with Crippen LogP contribution in [0.3, 0.4) is 0 Å². The van der Waals surface area contributed by atoms with Crippen molar-refractivity contribution in [3.63, 3.8) is 0 Å². The molecule has 78 valence electrons. The number of rotatable bonds is 2. The van der Waals surface area contributed by atoms with Crippen molar-refractivity contribution in [2.75, 3.05) is 18.4 Å². The first kappa shape index (κ1) is 11.3. The summed E-state index contributed by atoms with van der Waals surface area (Å²) in [5, 5.41) is 6.71. The Hall–Kier alpha value is -0.800. The fraction of sp³-hybridized carbons (Fsp3) is 0.500. The van der Waals surface area contributed by atoms with Gasteiger partial charge < -0.3 is 10.6 Å². The van der Waals surface area contributed by atoms with Crippen LogP contribution in [0.25, 0.3) is 0 Å². The van der Waals surface area contributed by atoms with Gasteiger partial charge in [0.25, 0.3) is 0 Å². The highest BCUT2D eigenvalue weighted by Crippen LogP contribution is 2.08. The maximum Gasteiger partial charge on any atom is 0.126 e. The third kappa shape index (κ3) is 2.86. The Labute approximate surface area is 90.7 Å². The predicted molar refractivity (Wildman–Crippen MR) is 61.1 cm³/mol. The molecule has 0 aromatic carbocycles. The normalized spacial score (nSPS) is 20.2. The van der Waals surface area contributed by atoms with Gasteiger partial charge in [-0.2, -0.15) is 0 Å². The van der Waals surface area contributed by atoms with Crippen LogP contribution in [0, 0.1) is 6.92 Å². The Morgan fingerprint density at radius 3 is 2.93 bits per heavy atom. The van der Waals surface area contributed by atoms with E-state index >= 15 is 0 Å². The van der Waals surface area contributed by atoms with Gasteiger partial charge in [0, 0.05) is 18.8 Å². The molecule has 14 heavy (non-hydrogen) atoms. The third-order valence-electron chi connectivity index (χ3n) is 2.32. The maximum absolute atomic E-state index is 4.30. The minimum absolute atomic E-state index is 0. The molecule has 2 rings (SSSR count). The van der Waals surface area contributed by atoms with Crippen LogP contribution in [0.1, 0.15) is 12.0 Å². The Balaban J connectivity index is 0.000000980. The standard InChI is InChI=1S/C10H15N3.ClH/c1-8-2-3-10(12-6-8)13-9-4-5-11-7-9;/h2-3,6,9,11H,4-5,7H2,1H3,(H,12,13);1H. The van der Waals surface area contributed by atoms with Crippen molar-refractivity contribution in [1.82, 2.24) is 10.3 Å². The van der Waals surface area contributed by atoms with Crippen molar-refractivity contribution < 1.29 is 0 Å². The molecule has 0 radical (unpaired) electrons. The molecule has 0 bridgehead atoms. The van der Waals surface area contributed by atoms with Gasteiger partial charge in [0.2, 0.25) is 0 Å². The van der Waals surface area contributed by atoms with Gasteiger partial charge in [-0.05, 0) is 31.5 Å². The zero-order valence-corrected chi connectivity index (χ0v) is 9.10. The highest BCUT2D eigenvalue weighted by atomic mass is 35.5. The molecule has 0 aliphatic carbocycles. The van der Waals surface area contributed by atoms with E-state index in [0.29, 0.717) is 6.04 Å². The summed E-state index contributed by atoms with van der Waals surface area (Å²) in [6.07, 6.45) is 3.08. The monoisotopic (exact) mass is 213 g/mol. The molecule has 0 amide bonds. The largest absolute Gasteiger partial charge is 0.366 e. The van der Waals surface area contributed by atoms with Crippen molar-refractivity contribution in [3.8, 4) is 0 Å². The van der Waals surface area contributed by atoms with Gasteiger partial charge in [0.15, 0.2) is 0 Å². The molecule has 1 atom stereocenters. The van der Waals surface area contributed by atoms with Crippen LogP contribution in [0.2, 0.25) is 0 Å². The molecule has 1 unspecified atom stereocenters. The van der Waals surface area contributed by atoms with Crippen LogP contribution in [-0.2, 0) is 0 Å². The summed E-state index contributed by atoms with van der Waals surface area (Å²) >= 11 is 0. The minimum Gasteiger partial charge on any atom is -0.366 e. The van der Waals surface area contributed by atoms with Crippen LogP contribution in [0.5, 0.6) is 0 Å². The number of aromatic nitrogens is 1. The first-order valence-corrected chi connectivity index (χ1v) is 4.74. The number of nitrogens with one attached hydrogen (secondary N) is 2. The molecular weight excluding hydrogens is 198 g/mol. The van der Waals surface area contributed by atoms with Gasteiger partial charge in [-0.1, -0.05) is 6.07 Å². The predicted octanol–water partition coefficient (Wildman–Crippen LogP) is 1.59. The quantitative estimate of drug-likeness (QED) is 0.784. The molecule has 0 saturated carbocycles. The number of nitrogens with zero attached hydrogens (tertiary/aromatic N) is 1. The second-order valence-electron chi connectivity index (χ2n) is 3.55. The van der Waals surface area contributed by atoms with Crippen LogP contribution < -0.4 is 10.6 Å². The lowest BCUT2D eigenvalue weighted by atomic mass is 10.2. The van der Waals surface area contributed by atoms with Gasteiger partial charge >= 0.3 is 0 Å². The van der Waals surface area contributed by atoms with Gasteiger partial charge in [0.1, 0.15) is 5.82 Å². The maximum atomic E-state index is 4.30. The summed E-state index contributed by atoms with van der Waals surface area (Å²) < 4.78 is 0. The van der Waals surface area contributed by atoms with Crippen molar-refractivity contribution in [3.05, 3.63) is 23.9 Å². The molecule has 0 spiro atoms. The van der Waals surface area contributed by atoms with Gasteiger partial charge in [-0.25, -0.2) is 4.98 Å². The fourth-order valence-electron chi connectivity index (χ4n) is 1.54. The topological polar surface area (TPSA) is 37.0 Å². The van der Waals surface area contributed by atoms with E-state index in [9.17, 15) is 0 Å². The number of hydrogen-bond acceptors (Lipinski definition) is 3. The molecule has 4 heteroatoms.